The molecular weight excluding hydrogens is 564 g/mol. The Balaban J connectivity index is 2.23. The molecule has 0 bridgehead atoms. The van der Waals surface area contributed by atoms with E-state index in [0.29, 0.717) is 11.3 Å². The van der Waals surface area contributed by atoms with Crippen LogP contribution >= 0.6 is 0 Å². The Morgan fingerprint density at radius 3 is 2.09 bits per heavy atom. The molecule has 0 aliphatic carbocycles. The fourth-order valence-electron chi connectivity index (χ4n) is 3.92. The minimum Gasteiger partial charge on any atom is -0.508 e. The molecule has 0 fully saturated rings. The van der Waals surface area contributed by atoms with E-state index in [4.69, 9.17) is 22.9 Å². The molecule has 17 nitrogen and oxygen atoms in total. The van der Waals surface area contributed by atoms with E-state index in [0.717, 1.165) is 0 Å². The number of guanidine groups is 1. The Hall–Kier alpha value is -5.19. The van der Waals surface area contributed by atoms with Gasteiger partial charge in [0.25, 0.3) is 0 Å². The largest absolute Gasteiger partial charge is 0.508 e. The summed E-state index contributed by atoms with van der Waals surface area (Å²) < 4.78 is 0. The van der Waals surface area contributed by atoms with E-state index in [1.54, 1.807) is 0 Å². The first-order chi connectivity index (χ1) is 20.3. The monoisotopic (exact) mass is 602 g/mol. The molecule has 0 saturated heterocycles. The van der Waals surface area contributed by atoms with Crippen molar-refractivity contribution in [1.29, 1.82) is 0 Å². The molecule has 0 radical (unpaired) electrons. The average molecular weight is 603 g/mol. The molecule has 14 N–H and O–H groups in total. The number of aliphatic carboxylic acids is 1. The van der Waals surface area contributed by atoms with Gasteiger partial charge in [-0.15, -0.1) is 0 Å². The number of carboxylic acid groups (broad SMARTS) is 1. The highest BCUT2D eigenvalue weighted by atomic mass is 16.4. The second-order valence-electron chi connectivity index (χ2n) is 9.73. The van der Waals surface area contributed by atoms with Crippen molar-refractivity contribution in [2.75, 3.05) is 6.54 Å². The third-order valence-electron chi connectivity index (χ3n) is 6.22. The van der Waals surface area contributed by atoms with Gasteiger partial charge < -0.3 is 54.1 Å². The van der Waals surface area contributed by atoms with Crippen LogP contribution in [0.15, 0.2) is 41.8 Å². The molecule has 4 atom stereocenters. The number of phenolic OH excluding ortho intramolecular Hbond substituents is 1. The number of carbonyl (C=O) groups is 5. The number of rotatable bonds is 18. The van der Waals surface area contributed by atoms with E-state index < -0.39 is 53.8 Å². The van der Waals surface area contributed by atoms with Crippen molar-refractivity contribution in [2.45, 2.75) is 62.7 Å². The number of phenols is 1. The number of imidazole rings is 1. The van der Waals surface area contributed by atoms with E-state index in [-0.39, 0.29) is 56.8 Å². The minimum absolute atomic E-state index is 0.00573. The Morgan fingerprint density at radius 1 is 0.884 bits per heavy atom. The van der Waals surface area contributed by atoms with Gasteiger partial charge in [-0.05, 0) is 37.0 Å². The van der Waals surface area contributed by atoms with Gasteiger partial charge in [-0.1, -0.05) is 12.1 Å². The van der Waals surface area contributed by atoms with Gasteiger partial charge in [0, 0.05) is 37.7 Å². The number of aromatic amines is 1. The Morgan fingerprint density at radius 2 is 1.51 bits per heavy atom. The van der Waals surface area contributed by atoms with Gasteiger partial charge in [-0.25, -0.2) is 9.78 Å². The molecule has 1 aromatic heterocycles. The highest BCUT2D eigenvalue weighted by Crippen LogP contribution is 2.12. The molecule has 4 amide bonds. The lowest BCUT2D eigenvalue weighted by Crippen LogP contribution is -2.57. The molecule has 43 heavy (non-hydrogen) atoms. The number of hydrogen-bond acceptors (Lipinski definition) is 9. The summed E-state index contributed by atoms with van der Waals surface area (Å²) in [5.41, 5.74) is 22.7. The average Bonchev–Trinajstić information content (AvgIpc) is 3.46. The van der Waals surface area contributed by atoms with Gasteiger partial charge in [0.15, 0.2) is 5.96 Å². The molecule has 234 valence electrons. The number of carbonyl (C=O) groups excluding carboxylic acids is 4. The number of aromatic hydroxyl groups is 1. The van der Waals surface area contributed by atoms with Crippen molar-refractivity contribution >= 4 is 35.6 Å². The van der Waals surface area contributed by atoms with Crippen molar-refractivity contribution in [3.05, 3.63) is 48.0 Å². The summed E-state index contributed by atoms with van der Waals surface area (Å²) in [5.74, 6) is -4.43. The zero-order valence-electron chi connectivity index (χ0n) is 23.4. The maximum absolute atomic E-state index is 13.4. The SMILES string of the molecule is NC(=O)CCC(N)C(=O)NC(Cc1cnc[nH]1)C(=O)NC(CCCN=C(N)N)C(=O)NC(Cc1ccc(O)cc1)C(=O)O. The molecule has 4 unspecified atom stereocenters. The highest BCUT2D eigenvalue weighted by molar-refractivity contribution is 5.94. The lowest BCUT2D eigenvalue weighted by atomic mass is 10.0. The fraction of sp³-hybridized carbons (Fsp3) is 0.423. The second-order valence-corrected chi connectivity index (χ2v) is 9.73. The number of hydrogen-bond donors (Lipinski definition) is 10. The Kier molecular flexibility index (Phi) is 13.4. The molecule has 0 saturated carbocycles. The third-order valence-corrected chi connectivity index (χ3v) is 6.22. The molecular formula is C26H38N10O7. The number of primary amides is 1. The standard InChI is InChI=1S/C26H38N10O7/c27-17(7-8-21(28)38)22(39)35-19(11-15-12-31-13-33-15)24(41)34-18(2-1-9-32-26(29)30)23(40)36-20(25(42)43)10-14-3-5-16(37)6-4-14/h3-6,12-13,17-20,37H,1-2,7-11,27H2,(H2,28,38)(H,31,33)(H,34,41)(H,35,39)(H,36,40)(H,42,43)(H4,29,30,32). The normalized spacial score (nSPS) is 13.5. The first kappa shape index (κ1) is 34.0. The number of benzene rings is 1. The molecule has 1 heterocycles. The highest BCUT2D eigenvalue weighted by Gasteiger charge is 2.31. The minimum atomic E-state index is -1.36. The Labute approximate surface area is 246 Å². The first-order valence-corrected chi connectivity index (χ1v) is 13.3. The van der Waals surface area contributed by atoms with Crippen LogP contribution in [0.25, 0.3) is 0 Å². The van der Waals surface area contributed by atoms with Crippen LogP contribution in [0.3, 0.4) is 0 Å². The summed E-state index contributed by atoms with van der Waals surface area (Å²) in [5, 5.41) is 26.8. The van der Waals surface area contributed by atoms with Crippen LogP contribution in [0.2, 0.25) is 0 Å². The van der Waals surface area contributed by atoms with Crippen molar-refractivity contribution in [1.82, 2.24) is 25.9 Å². The number of aliphatic imine (C=N–C) groups is 1. The maximum Gasteiger partial charge on any atom is 0.326 e. The van der Waals surface area contributed by atoms with Crippen LogP contribution in [0.1, 0.15) is 36.9 Å². The van der Waals surface area contributed by atoms with Gasteiger partial charge in [-0.2, -0.15) is 0 Å². The number of amides is 4. The maximum atomic E-state index is 13.4. The molecule has 2 aromatic rings. The van der Waals surface area contributed by atoms with Crippen molar-refractivity contribution in [2.24, 2.45) is 27.9 Å². The van der Waals surface area contributed by atoms with E-state index in [1.807, 2.05) is 0 Å². The molecule has 2 rings (SSSR count). The number of nitrogens with two attached hydrogens (primary N) is 4. The van der Waals surface area contributed by atoms with Crippen molar-refractivity contribution in [3.8, 4) is 5.75 Å². The second kappa shape index (κ2) is 16.9. The number of nitrogens with one attached hydrogen (secondary N) is 4. The summed E-state index contributed by atoms with van der Waals surface area (Å²) in [6.45, 7) is 0.126. The molecule has 1 aromatic carbocycles. The van der Waals surface area contributed by atoms with E-state index in [9.17, 15) is 34.2 Å². The van der Waals surface area contributed by atoms with Gasteiger partial charge >= 0.3 is 5.97 Å². The lowest BCUT2D eigenvalue weighted by Gasteiger charge is -2.25. The first-order valence-electron chi connectivity index (χ1n) is 13.3. The van der Waals surface area contributed by atoms with E-state index in [1.165, 1.54) is 36.8 Å². The molecule has 0 aliphatic heterocycles. The summed E-state index contributed by atoms with van der Waals surface area (Å²) in [7, 11) is 0. The van der Waals surface area contributed by atoms with Crippen LogP contribution in [-0.4, -0.2) is 86.5 Å². The molecule has 0 spiro atoms. The number of nitrogens with zero attached hydrogens (tertiary/aromatic N) is 2. The van der Waals surface area contributed by atoms with Gasteiger partial charge in [-0.3, -0.25) is 24.2 Å². The predicted molar refractivity (Wildman–Crippen MR) is 154 cm³/mol. The van der Waals surface area contributed by atoms with Crippen LogP contribution in [0, 0.1) is 0 Å². The van der Waals surface area contributed by atoms with Crippen LogP contribution < -0.4 is 38.9 Å². The summed E-state index contributed by atoms with van der Waals surface area (Å²) in [4.78, 5) is 73.1. The summed E-state index contributed by atoms with van der Waals surface area (Å²) in [6, 6.07) is 0.831. The van der Waals surface area contributed by atoms with Crippen molar-refractivity contribution < 1.29 is 34.2 Å². The van der Waals surface area contributed by atoms with Gasteiger partial charge in [0.05, 0.1) is 12.4 Å². The molecule has 17 heteroatoms. The smallest absolute Gasteiger partial charge is 0.326 e. The molecule has 0 aliphatic rings. The number of aromatic nitrogens is 2. The van der Waals surface area contributed by atoms with E-state index >= 15 is 0 Å². The van der Waals surface area contributed by atoms with Crippen LogP contribution in [0.5, 0.6) is 5.75 Å². The van der Waals surface area contributed by atoms with Crippen LogP contribution in [-0.2, 0) is 36.8 Å². The Bertz CT molecular complexity index is 1260. The third kappa shape index (κ3) is 12.5. The number of H-pyrrole nitrogens is 1. The number of carboxylic acids is 1. The fourth-order valence-corrected chi connectivity index (χ4v) is 3.92. The van der Waals surface area contributed by atoms with Gasteiger partial charge in [0.2, 0.25) is 23.6 Å². The quantitative estimate of drug-likeness (QED) is 0.0468. The zero-order valence-corrected chi connectivity index (χ0v) is 23.4. The van der Waals surface area contributed by atoms with E-state index in [2.05, 4.69) is 30.9 Å². The zero-order chi connectivity index (χ0) is 31.9. The lowest BCUT2D eigenvalue weighted by molar-refractivity contribution is -0.142. The van der Waals surface area contributed by atoms with Gasteiger partial charge in [0.1, 0.15) is 23.9 Å². The van der Waals surface area contributed by atoms with Crippen molar-refractivity contribution in [3.63, 3.8) is 0 Å². The van der Waals surface area contributed by atoms with Crippen LogP contribution in [0.4, 0.5) is 0 Å². The topological polar surface area (TPSA) is 307 Å². The predicted octanol–water partition coefficient (Wildman–Crippen LogP) is -2.91. The summed E-state index contributed by atoms with van der Waals surface area (Å²) in [6.07, 6.45) is 2.74. The summed E-state index contributed by atoms with van der Waals surface area (Å²) >= 11 is 0.